The Balaban J connectivity index is 2.45. The van der Waals surface area contributed by atoms with E-state index >= 15 is 0 Å². The third-order valence-electron chi connectivity index (χ3n) is 2.74. The average Bonchev–Trinajstić information content (AvgIpc) is 2.33. The molecule has 2 aromatic rings. The molecule has 0 aliphatic carbocycles. The molecule has 2 rings (SSSR count). The molecule has 2 nitrogen and oxygen atoms in total. The van der Waals surface area contributed by atoms with Crippen LogP contribution in [0.3, 0.4) is 0 Å². The zero-order chi connectivity index (χ0) is 14.0. The number of aromatic carboxylic acids is 1. The predicted molar refractivity (Wildman–Crippen MR) is 78.5 cm³/mol. The molecule has 98 valence electrons. The Labute approximate surface area is 121 Å². The van der Waals surface area contributed by atoms with Crippen molar-refractivity contribution in [1.29, 1.82) is 0 Å². The smallest absolute Gasteiger partial charge is 0.336 e. The third-order valence-corrected chi connectivity index (χ3v) is 4.19. The number of aryl methyl sites for hydroxylation is 2. The summed E-state index contributed by atoms with van der Waals surface area (Å²) in [7, 11) is 0. The Morgan fingerprint density at radius 2 is 1.84 bits per heavy atom. The van der Waals surface area contributed by atoms with Crippen LogP contribution in [0.1, 0.15) is 21.5 Å². The van der Waals surface area contributed by atoms with Gasteiger partial charge in [0.2, 0.25) is 0 Å². The van der Waals surface area contributed by atoms with Gasteiger partial charge in [-0.05, 0) is 49.2 Å². The van der Waals surface area contributed by atoms with Gasteiger partial charge in [0.1, 0.15) is 0 Å². The first-order valence-corrected chi connectivity index (χ1v) is 6.95. The van der Waals surface area contributed by atoms with Gasteiger partial charge in [0, 0.05) is 14.8 Å². The minimum absolute atomic E-state index is 0.273. The van der Waals surface area contributed by atoms with Gasteiger partial charge in [0.15, 0.2) is 0 Å². The number of benzene rings is 2. The normalized spacial score (nSPS) is 10.5. The highest BCUT2D eigenvalue weighted by Gasteiger charge is 2.12. The molecule has 0 spiro atoms. The summed E-state index contributed by atoms with van der Waals surface area (Å²) in [6, 6.07) is 10.9. The third kappa shape index (κ3) is 3.31. The molecule has 0 saturated heterocycles. The Hall–Kier alpha value is -1.45. The molecule has 0 amide bonds. The summed E-state index contributed by atoms with van der Waals surface area (Å²) in [6.07, 6.45) is 0. The van der Waals surface area contributed by atoms with Crippen molar-refractivity contribution in [2.75, 3.05) is 0 Å². The van der Waals surface area contributed by atoms with E-state index in [1.807, 2.05) is 32.0 Å². The minimum Gasteiger partial charge on any atom is -0.478 e. The summed E-state index contributed by atoms with van der Waals surface area (Å²) >= 11 is 7.38. The van der Waals surface area contributed by atoms with E-state index in [0.29, 0.717) is 9.92 Å². The van der Waals surface area contributed by atoms with Crippen molar-refractivity contribution in [2.45, 2.75) is 23.6 Å². The summed E-state index contributed by atoms with van der Waals surface area (Å²) in [4.78, 5) is 12.9. The second kappa shape index (κ2) is 5.68. The van der Waals surface area contributed by atoms with Crippen molar-refractivity contribution in [3.63, 3.8) is 0 Å². The summed E-state index contributed by atoms with van der Waals surface area (Å²) in [5, 5.41) is 9.74. The molecule has 0 aliphatic rings. The van der Waals surface area contributed by atoms with Crippen LogP contribution in [0, 0.1) is 13.8 Å². The van der Waals surface area contributed by atoms with Gasteiger partial charge in [-0.3, -0.25) is 0 Å². The fourth-order valence-electron chi connectivity index (χ4n) is 1.69. The van der Waals surface area contributed by atoms with Crippen LogP contribution in [0.4, 0.5) is 0 Å². The Kier molecular flexibility index (Phi) is 4.17. The van der Waals surface area contributed by atoms with Gasteiger partial charge < -0.3 is 5.11 Å². The first kappa shape index (κ1) is 14.0. The van der Waals surface area contributed by atoms with Gasteiger partial charge in [-0.25, -0.2) is 4.79 Å². The zero-order valence-electron chi connectivity index (χ0n) is 10.6. The topological polar surface area (TPSA) is 37.3 Å². The fraction of sp³-hybridized carbons (Fsp3) is 0.133. The van der Waals surface area contributed by atoms with E-state index in [1.54, 1.807) is 12.1 Å². The molecule has 4 heteroatoms. The molecule has 0 aliphatic heterocycles. The van der Waals surface area contributed by atoms with Crippen LogP contribution < -0.4 is 0 Å². The van der Waals surface area contributed by atoms with Gasteiger partial charge in [-0.15, -0.1) is 0 Å². The second-order valence-electron chi connectivity index (χ2n) is 4.32. The number of hydrogen-bond acceptors (Lipinski definition) is 2. The fourth-order valence-corrected chi connectivity index (χ4v) is 3.09. The van der Waals surface area contributed by atoms with Crippen molar-refractivity contribution in [1.82, 2.24) is 0 Å². The first-order valence-electron chi connectivity index (χ1n) is 5.75. The Morgan fingerprint density at radius 1 is 1.11 bits per heavy atom. The van der Waals surface area contributed by atoms with Crippen LogP contribution >= 0.6 is 23.4 Å². The molecule has 0 radical (unpaired) electrons. The van der Waals surface area contributed by atoms with Crippen LogP contribution in [0.15, 0.2) is 46.2 Å². The lowest BCUT2D eigenvalue weighted by molar-refractivity contribution is 0.0693. The van der Waals surface area contributed by atoms with Crippen molar-refractivity contribution >= 4 is 29.3 Å². The molecule has 19 heavy (non-hydrogen) atoms. The SMILES string of the molecule is Cc1ccc(C)c(Sc2cc(Cl)ccc2C(=O)O)c1. The molecular formula is C15H13ClO2S. The van der Waals surface area contributed by atoms with E-state index in [9.17, 15) is 9.90 Å². The maximum atomic E-state index is 11.2. The molecule has 0 saturated carbocycles. The largest absolute Gasteiger partial charge is 0.478 e. The van der Waals surface area contributed by atoms with E-state index in [4.69, 9.17) is 11.6 Å². The van der Waals surface area contributed by atoms with Crippen LogP contribution in [0.25, 0.3) is 0 Å². The molecule has 0 fully saturated rings. The monoisotopic (exact) mass is 292 g/mol. The molecular weight excluding hydrogens is 280 g/mol. The highest BCUT2D eigenvalue weighted by atomic mass is 35.5. The quantitative estimate of drug-likeness (QED) is 0.882. The first-order chi connectivity index (χ1) is 8.97. The van der Waals surface area contributed by atoms with Gasteiger partial charge in [0.05, 0.1) is 5.56 Å². The number of carboxylic acid groups (broad SMARTS) is 1. The summed E-state index contributed by atoms with van der Waals surface area (Å²) in [5.74, 6) is -0.940. The van der Waals surface area contributed by atoms with Gasteiger partial charge in [-0.2, -0.15) is 0 Å². The molecule has 2 aromatic carbocycles. The molecule has 0 aromatic heterocycles. The highest BCUT2D eigenvalue weighted by Crippen LogP contribution is 2.34. The lowest BCUT2D eigenvalue weighted by Crippen LogP contribution is -1.98. The molecule has 0 bridgehead atoms. The molecule has 0 heterocycles. The van der Waals surface area contributed by atoms with Crippen molar-refractivity contribution in [3.8, 4) is 0 Å². The van der Waals surface area contributed by atoms with Gasteiger partial charge in [0.25, 0.3) is 0 Å². The van der Waals surface area contributed by atoms with E-state index in [0.717, 1.165) is 16.0 Å². The van der Waals surface area contributed by atoms with Crippen LogP contribution in [-0.2, 0) is 0 Å². The number of rotatable bonds is 3. The standard InChI is InChI=1S/C15H13ClO2S/c1-9-3-4-10(2)13(7-9)19-14-8-11(16)5-6-12(14)15(17)18/h3-8H,1-2H3,(H,17,18). The molecule has 1 N–H and O–H groups in total. The van der Waals surface area contributed by atoms with Crippen LogP contribution in [0.5, 0.6) is 0 Å². The summed E-state index contributed by atoms with van der Waals surface area (Å²) < 4.78 is 0. The van der Waals surface area contributed by atoms with E-state index < -0.39 is 5.97 Å². The van der Waals surface area contributed by atoms with Crippen LogP contribution in [0.2, 0.25) is 5.02 Å². The van der Waals surface area contributed by atoms with Gasteiger partial charge in [-0.1, -0.05) is 35.5 Å². The van der Waals surface area contributed by atoms with Crippen molar-refractivity contribution in [2.24, 2.45) is 0 Å². The molecule has 0 unspecified atom stereocenters. The lowest BCUT2D eigenvalue weighted by Gasteiger charge is -2.09. The molecule has 0 atom stereocenters. The number of hydrogen-bond donors (Lipinski definition) is 1. The maximum Gasteiger partial charge on any atom is 0.336 e. The lowest BCUT2D eigenvalue weighted by atomic mass is 10.2. The number of carboxylic acids is 1. The number of halogens is 1. The van der Waals surface area contributed by atoms with Crippen molar-refractivity contribution < 1.29 is 9.90 Å². The van der Waals surface area contributed by atoms with Gasteiger partial charge >= 0.3 is 5.97 Å². The van der Waals surface area contributed by atoms with Crippen molar-refractivity contribution in [3.05, 3.63) is 58.1 Å². The zero-order valence-corrected chi connectivity index (χ0v) is 12.2. The van der Waals surface area contributed by atoms with E-state index in [2.05, 4.69) is 0 Å². The second-order valence-corrected chi connectivity index (χ2v) is 5.84. The van der Waals surface area contributed by atoms with Crippen LogP contribution in [-0.4, -0.2) is 11.1 Å². The van der Waals surface area contributed by atoms with E-state index in [1.165, 1.54) is 17.8 Å². The maximum absolute atomic E-state index is 11.2. The Bertz CT molecular complexity index is 638. The number of carbonyl (C=O) groups is 1. The predicted octanol–water partition coefficient (Wildman–Crippen LogP) is 4.81. The Morgan fingerprint density at radius 3 is 2.53 bits per heavy atom. The highest BCUT2D eigenvalue weighted by molar-refractivity contribution is 7.99. The summed E-state index contributed by atoms with van der Waals surface area (Å²) in [5.41, 5.74) is 2.54. The van der Waals surface area contributed by atoms with E-state index in [-0.39, 0.29) is 5.56 Å². The average molecular weight is 293 g/mol. The minimum atomic E-state index is -0.940. The summed E-state index contributed by atoms with van der Waals surface area (Å²) in [6.45, 7) is 4.02.